The van der Waals surface area contributed by atoms with Gasteiger partial charge in [-0.1, -0.05) is 17.3 Å². The van der Waals surface area contributed by atoms with Gasteiger partial charge in [0, 0.05) is 39.3 Å². The fourth-order valence-corrected chi connectivity index (χ4v) is 4.82. The Bertz CT molecular complexity index is 803. The van der Waals surface area contributed by atoms with Crippen molar-refractivity contribution in [2.45, 2.75) is 12.6 Å². The van der Waals surface area contributed by atoms with Gasteiger partial charge in [-0.05, 0) is 17.7 Å². The maximum atomic E-state index is 11.8. The molecule has 0 radical (unpaired) electrons. The first-order chi connectivity index (χ1) is 12.9. The predicted molar refractivity (Wildman–Crippen MR) is 102 cm³/mol. The Morgan fingerprint density at radius 1 is 1.15 bits per heavy atom. The molecule has 2 saturated heterocycles. The number of nitrogens with zero attached hydrogens (tertiary/aromatic N) is 4. The van der Waals surface area contributed by atoms with Gasteiger partial charge in [-0.2, -0.15) is 4.31 Å². The van der Waals surface area contributed by atoms with E-state index in [1.807, 2.05) is 12.1 Å². The van der Waals surface area contributed by atoms with Gasteiger partial charge in [-0.15, -0.1) is 0 Å². The van der Waals surface area contributed by atoms with Crippen molar-refractivity contribution in [2.75, 3.05) is 52.6 Å². The molecule has 0 bridgehead atoms. The van der Waals surface area contributed by atoms with Crippen molar-refractivity contribution in [3.8, 4) is 5.75 Å². The maximum Gasteiger partial charge on any atom is 0.211 e. The Morgan fingerprint density at radius 2 is 1.85 bits per heavy atom. The maximum absolute atomic E-state index is 11.8. The number of methoxy groups -OCH3 is 1. The van der Waals surface area contributed by atoms with Crippen molar-refractivity contribution < 1.29 is 18.0 Å². The zero-order chi connectivity index (χ0) is 19.0. The summed E-state index contributed by atoms with van der Waals surface area (Å²) in [6.45, 7) is 5.41. The highest BCUT2D eigenvalue weighted by atomic mass is 32.2. The quantitative estimate of drug-likeness (QED) is 0.737. The van der Waals surface area contributed by atoms with Gasteiger partial charge in [-0.3, -0.25) is 4.90 Å². The normalized spacial score (nSPS) is 26.6. The number of hydrogen-bond acceptors (Lipinski definition) is 7. The molecule has 8 nitrogen and oxygen atoms in total. The van der Waals surface area contributed by atoms with E-state index >= 15 is 0 Å². The zero-order valence-electron chi connectivity index (χ0n) is 15.7. The molecule has 3 aliphatic rings. The minimum absolute atomic E-state index is 0.0489. The van der Waals surface area contributed by atoms with Crippen molar-refractivity contribution in [3.63, 3.8) is 0 Å². The van der Waals surface area contributed by atoms with E-state index in [1.165, 1.54) is 16.1 Å². The van der Waals surface area contributed by atoms with E-state index in [-0.39, 0.29) is 12.0 Å². The Kier molecular flexibility index (Phi) is 5.00. The van der Waals surface area contributed by atoms with Crippen LogP contribution in [0.25, 0.3) is 0 Å². The first kappa shape index (κ1) is 18.5. The lowest BCUT2D eigenvalue weighted by molar-refractivity contribution is 0.0803. The van der Waals surface area contributed by atoms with Crippen LogP contribution in [-0.2, 0) is 21.4 Å². The predicted octanol–water partition coefficient (Wildman–Crippen LogP) is 0.417. The van der Waals surface area contributed by atoms with E-state index < -0.39 is 10.0 Å². The largest absolute Gasteiger partial charge is 0.497 e. The van der Waals surface area contributed by atoms with E-state index in [0.29, 0.717) is 13.1 Å². The van der Waals surface area contributed by atoms with Crippen molar-refractivity contribution in [1.82, 2.24) is 14.1 Å². The third kappa shape index (κ3) is 3.90. The Balaban J connectivity index is 1.32. The van der Waals surface area contributed by atoms with Crippen LogP contribution >= 0.6 is 0 Å². The third-order valence-electron chi connectivity index (χ3n) is 5.58. The number of piperazine rings is 1. The molecule has 4 rings (SSSR count). The average Bonchev–Trinajstić information content (AvgIpc) is 3.24. The van der Waals surface area contributed by atoms with Crippen LogP contribution < -0.4 is 4.74 Å². The topological polar surface area (TPSA) is 74.7 Å². The molecule has 2 fully saturated rings. The molecule has 0 saturated carbocycles. The lowest BCUT2D eigenvalue weighted by Crippen LogP contribution is -2.50. The highest BCUT2D eigenvalue weighted by Gasteiger charge is 2.47. The smallest absolute Gasteiger partial charge is 0.211 e. The minimum atomic E-state index is -3.18. The number of ether oxygens (including phenoxy) is 1. The van der Waals surface area contributed by atoms with Crippen LogP contribution in [0.1, 0.15) is 5.56 Å². The first-order valence-corrected chi connectivity index (χ1v) is 11.1. The number of oxime groups is 1. The SMILES string of the molecule is COc1ccc(CN2CCN(C3=NO[C@@H]4CN(S(C)(=O)=O)C[C@H]34)CC2)cc1. The molecule has 0 unspecified atom stereocenters. The number of rotatable bonds is 4. The van der Waals surface area contributed by atoms with Crippen LogP contribution in [0.5, 0.6) is 5.75 Å². The van der Waals surface area contributed by atoms with E-state index in [1.54, 1.807) is 7.11 Å². The highest BCUT2D eigenvalue weighted by molar-refractivity contribution is 7.88. The molecule has 148 valence electrons. The lowest BCUT2D eigenvalue weighted by atomic mass is 10.0. The van der Waals surface area contributed by atoms with Crippen LogP contribution in [0.2, 0.25) is 0 Å². The fourth-order valence-electron chi connectivity index (χ4n) is 3.97. The van der Waals surface area contributed by atoms with Gasteiger partial charge < -0.3 is 14.5 Å². The van der Waals surface area contributed by atoms with Gasteiger partial charge in [0.2, 0.25) is 10.0 Å². The molecule has 0 N–H and O–H groups in total. The van der Waals surface area contributed by atoms with E-state index in [9.17, 15) is 8.42 Å². The number of sulfonamides is 1. The van der Waals surface area contributed by atoms with Gasteiger partial charge in [0.1, 0.15) is 5.75 Å². The zero-order valence-corrected chi connectivity index (χ0v) is 16.6. The van der Waals surface area contributed by atoms with Gasteiger partial charge in [0.05, 0.1) is 25.8 Å². The molecule has 0 spiro atoms. The molecule has 0 aliphatic carbocycles. The van der Waals surface area contributed by atoms with Crippen molar-refractivity contribution in [3.05, 3.63) is 29.8 Å². The highest BCUT2D eigenvalue weighted by Crippen LogP contribution is 2.30. The molecular formula is C18H26N4O4S. The summed E-state index contributed by atoms with van der Waals surface area (Å²) in [7, 11) is -1.51. The second-order valence-electron chi connectivity index (χ2n) is 7.39. The first-order valence-electron chi connectivity index (χ1n) is 9.23. The molecule has 9 heteroatoms. The molecule has 0 aromatic heterocycles. The van der Waals surface area contributed by atoms with E-state index in [2.05, 4.69) is 27.1 Å². The molecular weight excluding hydrogens is 368 g/mol. The molecule has 1 aromatic rings. The summed E-state index contributed by atoms with van der Waals surface area (Å²) in [5.74, 6) is 1.83. The van der Waals surface area contributed by atoms with Crippen molar-refractivity contribution in [2.24, 2.45) is 11.1 Å². The number of benzene rings is 1. The number of amidine groups is 1. The summed E-state index contributed by atoms with van der Waals surface area (Å²) in [6, 6.07) is 8.18. The lowest BCUT2D eigenvalue weighted by Gasteiger charge is -2.36. The fraction of sp³-hybridized carbons (Fsp3) is 0.611. The molecule has 0 amide bonds. The number of fused-ring (bicyclic) bond motifs is 1. The Hall–Kier alpha value is -1.84. The standard InChI is InChI=1S/C18H26N4O4S/c1-25-15-5-3-14(4-6-15)11-20-7-9-21(10-8-20)18-16-12-22(27(2,23)24)13-17(16)26-19-18/h3-6,16-17H,7-13H2,1-2H3/t16-,17+/m0/s1. The van der Waals surface area contributed by atoms with Crippen LogP contribution in [0.4, 0.5) is 0 Å². The van der Waals surface area contributed by atoms with E-state index in [4.69, 9.17) is 9.57 Å². The monoisotopic (exact) mass is 394 g/mol. The summed E-state index contributed by atoms with van der Waals surface area (Å²) >= 11 is 0. The van der Waals surface area contributed by atoms with Crippen LogP contribution in [0.3, 0.4) is 0 Å². The Morgan fingerprint density at radius 3 is 2.48 bits per heavy atom. The van der Waals surface area contributed by atoms with Gasteiger partial charge in [0.25, 0.3) is 0 Å². The van der Waals surface area contributed by atoms with Crippen LogP contribution in [0, 0.1) is 5.92 Å². The second-order valence-corrected chi connectivity index (χ2v) is 9.37. The summed E-state index contributed by atoms with van der Waals surface area (Å²) in [5, 5.41) is 4.28. The number of hydrogen-bond donors (Lipinski definition) is 0. The summed E-state index contributed by atoms with van der Waals surface area (Å²) in [4.78, 5) is 10.2. The van der Waals surface area contributed by atoms with Gasteiger partial charge in [0.15, 0.2) is 11.9 Å². The Labute approximate surface area is 160 Å². The summed E-state index contributed by atoms with van der Waals surface area (Å²) in [6.07, 6.45) is 1.11. The van der Waals surface area contributed by atoms with Crippen LogP contribution in [-0.4, -0.2) is 87.1 Å². The molecule has 27 heavy (non-hydrogen) atoms. The average molecular weight is 394 g/mol. The minimum Gasteiger partial charge on any atom is -0.497 e. The van der Waals surface area contributed by atoms with Crippen molar-refractivity contribution >= 4 is 15.9 Å². The van der Waals surface area contributed by atoms with Gasteiger partial charge >= 0.3 is 0 Å². The molecule has 3 aliphatic heterocycles. The third-order valence-corrected chi connectivity index (χ3v) is 6.81. The molecule has 3 heterocycles. The summed E-state index contributed by atoms with van der Waals surface area (Å²) < 4.78 is 30.3. The van der Waals surface area contributed by atoms with E-state index in [0.717, 1.165) is 44.3 Å². The van der Waals surface area contributed by atoms with Crippen LogP contribution in [0.15, 0.2) is 29.4 Å². The molecule has 1 aromatic carbocycles. The molecule has 2 atom stereocenters. The van der Waals surface area contributed by atoms with Gasteiger partial charge in [-0.25, -0.2) is 8.42 Å². The second kappa shape index (κ2) is 7.29. The summed E-state index contributed by atoms with van der Waals surface area (Å²) in [5.41, 5.74) is 1.27. The van der Waals surface area contributed by atoms with Crippen molar-refractivity contribution in [1.29, 1.82) is 0 Å².